The molecular weight excluding hydrogens is 266 g/mol. The minimum absolute atomic E-state index is 0.323. The minimum atomic E-state index is -0.544. The number of hydrogen-bond acceptors (Lipinski definition) is 4. The summed E-state index contributed by atoms with van der Waals surface area (Å²) in [5.41, 5.74) is 0.887. The first-order valence-electron chi connectivity index (χ1n) is 7.99. The quantitative estimate of drug-likeness (QED) is 0.686. The van der Waals surface area contributed by atoms with E-state index in [1.165, 1.54) is 19.3 Å². The van der Waals surface area contributed by atoms with Crippen LogP contribution in [0, 0.1) is 0 Å². The number of hydrogen-bond donors (Lipinski definition) is 3. The van der Waals surface area contributed by atoms with Gasteiger partial charge < -0.3 is 20.3 Å². The summed E-state index contributed by atoms with van der Waals surface area (Å²) in [4.78, 5) is 0. The van der Waals surface area contributed by atoms with Crippen molar-refractivity contribution in [3.63, 3.8) is 0 Å². The first kappa shape index (κ1) is 16.4. The van der Waals surface area contributed by atoms with E-state index in [1.807, 2.05) is 30.3 Å². The molecule has 1 aliphatic rings. The molecule has 1 aliphatic carbocycles. The zero-order valence-corrected chi connectivity index (χ0v) is 12.6. The van der Waals surface area contributed by atoms with Gasteiger partial charge >= 0.3 is 0 Å². The van der Waals surface area contributed by atoms with E-state index in [4.69, 9.17) is 4.74 Å². The van der Waals surface area contributed by atoms with E-state index in [0.29, 0.717) is 25.8 Å². The molecule has 0 radical (unpaired) electrons. The highest BCUT2D eigenvalue weighted by molar-refractivity contribution is 5.17. The Morgan fingerprint density at radius 3 is 2.48 bits per heavy atom. The molecule has 118 valence electrons. The van der Waals surface area contributed by atoms with Gasteiger partial charge in [-0.2, -0.15) is 0 Å². The third kappa shape index (κ3) is 6.14. The molecule has 4 nitrogen and oxygen atoms in total. The fourth-order valence-corrected chi connectivity index (χ4v) is 2.72. The third-order valence-corrected chi connectivity index (χ3v) is 3.98. The molecule has 0 saturated heterocycles. The zero-order valence-electron chi connectivity index (χ0n) is 12.6. The van der Waals surface area contributed by atoms with Gasteiger partial charge in [-0.25, -0.2) is 0 Å². The Morgan fingerprint density at radius 2 is 1.76 bits per heavy atom. The topological polar surface area (TPSA) is 61.7 Å². The van der Waals surface area contributed by atoms with E-state index >= 15 is 0 Å². The predicted octanol–water partition coefficient (Wildman–Crippen LogP) is 2.02. The normalized spacial score (nSPS) is 19.3. The van der Waals surface area contributed by atoms with Gasteiger partial charge in [-0.3, -0.25) is 0 Å². The van der Waals surface area contributed by atoms with E-state index in [2.05, 4.69) is 5.32 Å². The second kappa shape index (κ2) is 9.15. The molecular formula is C17H27NO3. The number of aliphatic hydroxyl groups is 2. The summed E-state index contributed by atoms with van der Waals surface area (Å²) in [5, 5.41) is 23.0. The van der Waals surface area contributed by atoms with Crippen LogP contribution >= 0.6 is 0 Å². The van der Waals surface area contributed by atoms with Crippen LogP contribution in [0.25, 0.3) is 0 Å². The van der Waals surface area contributed by atoms with Crippen molar-refractivity contribution >= 4 is 0 Å². The molecule has 0 aromatic heterocycles. The Balaban J connectivity index is 1.57. The van der Waals surface area contributed by atoms with Crippen molar-refractivity contribution < 1.29 is 14.9 Å². The van der Waals surface area contributed by atoms with Crippen LogP contribution in [0.5, 0.6) is 0 Å². The molecule has 1 fully saturated rings. The van der Waals surface area contributed by atoms with Gasteiger partial charge in [-0.05, 0) is 18.4 Å². The smallest absolute Gasteiger partial charge is 0.0914 e. The summed E-state index contributed by atoms with van der Waals surface area (Å²) < 4.78 is 5.73. The van der Waals surface area contributed by atoms with E-state index < -0.39 is 12.2 Å². The lowest BCUT2D eigenvalue weighted by Crippen LogP contribution is -2.34. The highest BCUT2D eigenvalue weighted by atomic mass is 16.5. The fourth-order valence-electron chi connectivity index (χ4n) is 2.72. The first-order chi connectivity index (χ1) is 10.3. The summed E-state index contributed by atoms with van der Waals surface area (Å²) in [6.07, 6.45) is 5.28. The second-order valence-corrected chi connectivity index (χ2v) is 5.83. The van der Waals surface area contributed by atoms with Gasteiger partial charge in [0.05, 0.1) is 24.9 Å². The van der Waals surface area contributed by atoms with E-state index in [-0.39, 0.29) is 0 Å². The number of aliphatic hydroxyl groups excluding tert-OH is 2. The van der Waals surface area contributed by atoms with E-state index in [0.717, 1.165) is 18.4 Å². The highest BCUT2D eigenvalue weighted by Gasteiger charge is 2.15. The molecule has 0 amide bonds. The molecule has 1 aromatic carbocycles. The fraction of sp³-hybridized carbons (Fsp3) is 0.647. The van der Waals surface area contributed by atoms with Crippen molar-refractivity contribution in [2.24, 2.45) is 0 Å². The average Bonchev–Trinajstić information content (AvgIpc) is 2.54. The lowest BCUT2D eigenvalue weighted by atomic mass is 9.98. The maximum Gasteiger partial charge on any atom is 0.0914 e. The van der Waals surface area contributed by atoms with Crippen molar-refractivity contribution in [3.8, 4) is 0 Å². The lowest BCUT2D eigenvalue weighted by molar-refractivity contribution is -0.0235. The van der Waals surface area contributed by atoms with Crippen molar-refractivity contribution in [1.29, 1.82) is 0 Å². The maximum absolute atomic E-state index is 9.99. The molecule has 0 bridgehead atoms. The Hall–Kier alpha value is -0.940. The Bertz CT molecular complexity index is 379. The molecule has 2 atom stereocenters. The first-order valence-corrected chi connectivity index (χ1v) is 7.99. The zero-order chi connectivity index (χ0) is 14.9. The van der Waals surface area contributed by atoms with Crippen LogP contribution in [0.15, 0.2) is 30.3 Å². The van der Waals surface area contributed by atoms with Crippen molar-refractivity contribution in [3.05, 3.63) is 35.9 Å². The standard InChI is InChI=1S/C17H27NO3/c19-15(13-21-16-9-5-2-6-10-16)11-18-12-17(20)14-7-3-1-4-8-14/h1,3-4,7-8,15-20H,2,5-6,9-13H2. The summed E-state index contributed by atoms with van der Waals surface area (Å²) in [6, 6.07) is 9.54. The molecule has 2 unspecified atom stereocenters. The van der Waals surface area contributed by atoms with Gasteiger partial charge in [0.2, 0.25) is 0 Å². The maximum atomic E-state index is 9.99. The number of nitrogens with one attached hydrogen (secondary N) is 1. The van der Waals surface area contributed by atoms with Gasteiger partial charge in [0, 0.05) is 13.1 Å². The van der Waals surface area contributed by atoms with Crippen molar-refractivity contribution in [2.45, 2.75) is 50.4 Å². The van der Waals surface area contributed by atoms with E-state index in [9.17, 15) is 10.2 Å². The van der Waals surface area contributed by atoms with Crippen LogP contribution in [-0.4, -0.2) is 42.1 Å². The second-order valence-electron chi connectivity index (χ2n) is 5.83. The van der Waals surface area contributed by atoms with Gasteiger partial charge in [-0.1, -0.05) is 49.6 Å². The van der Waals surface area contributed by atoms with Crippen LogP contribution in [0.3, 0.4) is 0 Å². The Morgan fingerprint density at radius 1 is 1.05 bits per heavy atom. The molecule has 2 rings (SSSR count). The number of rotatable bonds is 8. The molecule has 1 aromatic rings. The van der Waals surface area contributed by atoms with E-state index in [1.54, 1.807) is 0 Å². The molecule has 4 heteroatoms. The average molecular weight is 293 g/mol. The summed E-state index contributed by atoms with van der Waals surface area (Å²) in [7, 11) is 0. The molecule has 1 saturated carbocycles. The van der Waals surface area contributed by atoms with Crippen molar-refractivity contribution in [2.75, 3.05) is 19.7 Å². The molecule has 0 spiro atoms. The summed E-state index contributed by atoms with van der Waals surface area (Å²) in [6.45, 7) is 1.25. The predicted molar refractivity (Wildman–Crippen MR) is 83.1 cm³/mol. The number of ether oxygens (including phenoxy) is 1. The minimum Gasteiger partial charge on any atom is -0.389 e. The lowest BCUT2D eigenvalue weighted by Gasteiger charge is -2.23. The largest absolute Gasteiger partial charge is 0.389 e. The van der Waals surface area contributed by atoms with Crippen LogP contribution < -0.4 is 5.32 Å². The number of benzene rings is 1. The van der Waals surface area contributed by atoms with Gasteiger partial charge in [-0.15, -0.1) is 0 Å². The molecule has 3 N–H and O–H groups in total. The van der Waals surface area contributed by atoms with Crippen LogP contribution in [-0.2, 0) is 4.74 Å². The third-order valence-electron chi connectivity index (χ3n) is 3.98. The SMILES string of the molecule is OC(CNCC(O)c1ccccc1)COC1CCCCC1. The molecule has 0 aliphatic heterocycles. The summed E-state index contributed by atoms with van der Waals surface area (Å²) >= 11 is 0. The van der Waals surface area contributed by atoms with Gasteiger partial charge in [0.25, 0.3) is 0 Å². The van der Waals surface area contributed by atoms with Gasteiger partial charge in [0.15, 0.2) is 0 Å². The van der Waals surface area contributed by atoms with Gasteiger partial charge in [0.1, 0.15) is 0 Å². The monoisotopic (exact) mass is 293 g/mol. The van der Waals surface area contributed by atoms with Crippen LogP contribution in [0.4, 0.5) is 0 Å². The Kier molecular flexibility index (Phi) is 7.16. The van der Waals surface area contributed by atoms with Crippen LogP contribution in [0.1, 0.15) is 43.8 Å². The van der Waals surface area contributed by atoms with Crippen molar-refractivity contribution in [1.82, 2.24) is 5.32 Å². The van der Waals surface area contributed by atoms with Crippen LogP contribution in [0.2, 0.25) is 0 Å². The molecule has 0 heterocycles. The Labute approximate surface area is 127 Å². The summed E-state index contributed by atoms with van der Waals surface area (Å²) in [5.74, 6) is 0. The highest BCUT2D eigenvalue weighted by Crippen LogP contribution is 2.20. The molecule has 21 heavy (non-hydrogen) atoms.